The fourth-order valence-corrected chi connectivity index (χ4v) is 0. The molecule has 0 amide bonds. The average molecular weight is 433 g/mol. The van der Waals surface area contributed by atoms with Gasteiger partial charge < -0.3 is 0 Å². The largest absolute Gasteiger partial charge is 0 e. The molecule has 0 saturated heterocycles. The molecule has 0 unspecified atom stereocenters. The fourth-order valence-electron chi connectivity index (χ4n) is 0. The average Bonchev–Trinajstić information content (AvgIpc) is 0.722. The van der Waals surface area contributed by atoms with Crippen molar-refractivity contribution in [3.8, 4) is 0 Å². The van der Waals surface area contributed by atoms with Crippen LogP contribution in [0.1, 0.15) is 0 Å². The van der Waals surface area contributed by atoms with E-state index in [0.29, 0.717) is 0 Å². The van der Waals surface area contributed by atoms with E-state index in [2.05, 4.69) is 0 Å². The molecule has 0 aromatic heterocycles. The van der Waals surface area contributed by atoms with Crippen molar-refractivity contribution in [1.82, 2.24) is 0 Å². The molecule has 0 aliphatic heterocycles. The molecule has 0 fully saturated rings. The minimum absolute atomic E-state index is 0. The van der Waals surface area contributed by atoms with Gasteiger partial charge in [0.2, 0.25) is 0 Å². The summed E-state index contributed by atoms with van der Waals surface area (Å²) in [6.07, 6.45) is 0. The summed E-state index contributed by atoms with van der Waals surface area (Å²) in [6.45, 7) is 0. The smallest absolute Gasteiger partial charge is 0 e. The summed E-state index contributed by atoms with van der Waals surface area (Å²) < 4.78 is 0. The molecule has 0 aliphatic carbocycles. The maximum Gasteiger partial charge on any atom is 0 e. The van der Waals surface area contributed by atoms with Crippen molar-refractivity contribution < 1.29 is 33.0 Å². The van der Waals surface area contributed by atoms with E-state index in [1.807, 2.05) is 0 Å². The first-order valence-electron chi connectivity index (χ1n) is 0.617. The Balaban J connectivity index is 0. The Morgan fingerprint density at radius 1 is 0.833 bits per heavy atom. The van der Waals surface area contributed by atoms with Crippen LogP contribution in [0.15, 0.2) is 0 Å². The van der Waals surface area contributed by atoms with E-state index in [4.69, 9.17) is 37.7 Å². The number of rotatable bonds is 0. The molecule has 0 aromatic rings. The van der Waals surface area contributed by atoms with E-state index in [-0.39, 0.29) is 21.1 Å². The molecule has 44 valence electrons. The molecule has 0 N–H and O–H groups in total. The third-order valence-electron chi connectivity index (χ3n) is 0. The van der Waals surface area contributed by atoms with Crippen molar-refractivity contribution in [2.45, 2.75) is 0 Å². The summed E-state index contributed by atoms with van der Waals surface area (Å²) in [4.78, 5) is 0. The van der Waals surface area contributed by atoms with E-state index in [1.54, 1.807) is 0 Å². The summed E-state index contributed by atoms with van der Waals surface area (Å²) in [6, 6.07) is 0. The first-order valence-corrected chi connectivity index (χ1v) is 11.0. The summed E-state index contributed by atoms with van der Waals surface area (Å²) in [7, 11) is 20.1. The quantitative estimate of drug-likeness (QED) is 0.516. The van der Waals surface area contributed by atoms with Crippen LogP contribution in [0, 0.1) is 0 Å². The molecule has 0 aliphatic rings. The van der Waals surface area contributed by atoms with E-state index in [0.717, 1.165) is 0 Å². The van der Waals surface area contributed by atoms with E-state index in [1.165, 1.54) is 0 Å². The molecule has 0 rings (SSSR count). The van der Waals surface area contributed by atoms with Crippen LogP contribution >= 0.6 is 37.7 Å². The van der Waals surface area contributed by atoms with Crippen LogP contribution in [-0.4, -0.2) is 0 Å². The van der Waals surface area contributed by atoms with Crippen LogP contribution in [0.3, 0.4) is 0 Å². The second-order valence-corrected chi connectivity index (χ2v) is 18.6. The molecule has 0 nitrogen and oxygen atoms in total. The predicted octanol–water partition coefficient (Wildman–Crippen LogP) is 2.75. The molecule has 0 atom stereocenters. The SMILES string of the molecule is [Cl][Mo]([Cl])([Cl])[Cl].[Pt]. The normalized spacial score (nSPS) is 12.7. The van der Waals surface area contributed by atoms with Crippen molar-refractivity contribution in [3.63, 3.8) is 0 Å². The van der Waals surface area contributed by atoms with Gasteiger partial charge in [-0.3, -0.25) is 0 Å². The van der Waals surface area contributed by atoms with Gasteiger partial charge in [-0.15, -0.1) is 0 Å². The Bertz CT molecular complexity index is 23.0. The Kier molecular flexibility index (Phi) is 8.36. The van der Waals surface area contributed by atoms with Gasteiger partial charge in [0, 0.05) is 21.1 Å². The van der Waals surface area contributed by atoms with Gasteiger partial charge in [0.15, 0.2) is 0 Å². The van der Waals surface area contributed by atoms with Crippen molar-refractivity contribution in [2.75, 3.05) is 0 Å². The monoisotopic (exact) mass is 433 g/mol. The number of hydrogen-bond donors (Lipinski definition) is 0. The van der Waals surface area contributed by atoms with Gasteiger partial charge in [0.1, 0.15) is 0 Å². The molecule has 0 bridgehead atoms. The van der Waals surface area contributed by atoms with Crippen molar-refractivity contribution in [3.05, 3.63) is 0 Å². The molecule has 0 aromatic carbocycles. The second kappa shape index (κ2) is 4.42. The minimum Gasteiger partial charge on any atom is 0 e. The van der Waals surface area contributed by atoms with Crippen LogP contribution in [0.5, 0.6) is 0 Å². The maximum absolute atomic E-state index is 5.02. The topological polar surface area (TPSA) is 0 Å². The van der Waals surface area contributed by atoms with E-state index < -0.39 is 11.9 Å². The van der Waals surface area contributed by atoms with Gasteiger partial charge >= 0.3 is 49.6 Å². The van der Waals surface area contributed by atoms with Crippen molar-refractivity contribution in [2.24, 2.45) is 0 Å². The second-order valence-electron chi connectivity index (χ2n) is 0.350. The third kappa shape index (κ3) is 31.1. The first-order chi connectivity index (χ1) is 2.00. The first kappa shape index (κ1) is 11.3. The van der Waals surface area contributed by atoms with E-state index >= 15 is 0 Å². The molecule has 0 saturated carbocycles. The summed E-state index contributed by atoms with van der Waals surface area (Å²) in [5.41, 5.74) is 0. The molecule has 0 radical (unpaired) electrons. The maximum atomic E-state index is 5.02. The standard InChI is InChI=1S/4ClH.Mo.Pt/h4*1H;;/q;;;;+4;/p-4. The van der Waals surface area contributed by atoms with E-state index in [9.17, 15) is 0 Å². The zero-order valence-corrected chi connectivity index (χ0v) is 9.54. The summed E-state index contributed by atoms with van der Waals surface area (Å²) >= 11 is -3.13. The summed E-state index contributed by atoms with van der Waals surface area (Å²) in [5.74, 6) is 0. The Labute approximate surface area is 69.6 Å². The van der Waals surface area contributed by atoms with Crippen LogP contribution in [0.4, 0.5) is 0 Å². The Morgan fingerprint density at radius 2 is 0.833 bits per heavy atom. The molecular formula is Cl4MoPt. The van der Waals surface area contributed by atoms with Gasteiger partial charge in [0.05, 0.1) is 0 Å². The van der Waals surface area contributed by atoms with Gasteiger partial charge in [-0.2, -0.15) is 0 Å². The van der Waals surface area contributed by atoms with Gasteiger partial charge in [-0.1, -0.05) is 0 Å². The molecule has 0 spiro atoms. The van der Waals surface area contributed by atoms with Gasteiger partial charge in [-0.05, 0) is 0 Å². The zero-order chi connectivity index (χ0) is 4.50. The Morgan fingerprint density at radius 3 is 0.833 bits per heavy atom. The van der Waals surface area contributed by atoms with Crippen LogP contribution < -0.4 is 0 Å². The summed E-state index contributed by atoms with van der Waals surface area (Å²) in [5, 5.41) is 0. The fraction of sp³-hybridized carbons (Fsp3) is 0. The predicted molar refractivity (Wildman–Crippen MR) is 23.4 cm³/mol. The third-order valence-corrected chi connectivity index (χ3v) is 0. The van der Waals surface area contributed by atoms with Crippen LogP contribution in [-0.2, 0) is 33.0 Å². The number of hydrogen-bond acceptors (Lipinski definition) is 0. The van der Waals surface area contributed by atoms with Gasteiger partial charge in [-0.25, -0.2) is 0 Å². The number of halogens is 4. The molecule has 0 heterocycles. The van der Waals surface area contributed by atoms with Crippen molar-refractivity contribution in [1.29, 1.82) is 0 Å². The molecule has 6 heavy (non-hydrogen) atoms. The van der Waals surface area contributed by atoms with Crippen LogP contribution in [0.2, 0.25) is 0 Å². The minimum atomic E-state index is -3.13. The van der Waals surface area contributed by atoms with Gasteiger partial charge in [0.25, 0.3) is 0 Å². The van der Waals surface area contributed by atoms with Crippen molar-refractivity contribution >= 4 is 37.7 Å². The Hall–Kier alpha value is 2.54. The zero-order valence-electron chi connectivity index (χ0n) is 2.24. The molecular weight excluding hydrogens is 433 g/mol. The van der Waals surface area contributed by atoms with Crippen LogP contribution in [0.25, 0.3) is 0 Å². The molecule has 6 heteroatoms.